The average Bonchev–Trinajstić information content (AvgIpc) is 2.33. The number of likely N-dealkylation sites (tertiary alicyclic amines) is 1. The third-order valence-electron chi connectivity index (χ3n) is 3.37. The average molecular weight is 237 g/mol. The zero-order valence-electron chi connectivity index (χ0n) is 11.0. The predicted octanol–water partition coefficient (Wildman–Crippen LogP) is 1.48. The van der Waals surface area contributed by atoms with Crippen LogP contribution >= 0.6 is 0 Å². The van der Waals surface area contributed by atoms with Crippen molar-refractivity contribution >= 4 is 5.91 Å². The molecule has 4 heteroatoms. The SMILES string of the molecule is CC1CCCN(CCC(=O)N(C)CCC#N)C1. The molecule has 0 bridgehead atoms. The molecule has 0 aromatic rings. The second-order valence-corrected chi connectivity index (χ2v) is 5.02. The standard InChI is InChI=1S/C13H23N3O/c1-12-5-3-9-16(11-12)10-6-13(17)15(2)8-4-7-14/h12H,3-6,8-11H2,1-2H3. The lowest BCUT2D eigenvalue weighted by Crippen LogP contribution is -2.37. The van der Waals surface area contributed by atoms with Gasteiger partial charge in [-0.2, -0.15) is 5.26 Å². The van der Waals surface area contributed by atoms with Gasteiger partial charge in [0, 0.05) is 33.1 Å². The summed E-state index contributed by atoms with van der Waals surface area (Å²) in [6.07, 6.45) is 3.56. The van der Waals surface area contributed by atoms with Crippen molar-refractivity contribution in [3.63, 3.8) is 0 Å². The highest BCUT2D eigenvalue weighted by Gasteiger charge is 2.17. The summed E-state index contributed by atoms with van der Waals surface area (Å²) in [5.41, 5.74) is 0. The first kappa shape index (κ1) is 14.0. The molecule has 0 N–H and O–H groups in total. The van der Waals surface area contributed by atoms with E-state index in [0.717, 1.165) is 25.6 Å². The number of amides is 1. The van der Waals surface area contributed by atoms with Crippen LogP contribution in [0.2, 0.25) is 0 Å². The monoisotopic (exact) mass is 237 g/mol. The first-order valence-electron chi connectivity index (χ1n) is 6.46. The molecule has 1 fully saturated rings. The first-order valence-corrected chi connectivity index (χ1v) is 6.46. The minimum atomic E-state index is 0.151. The highest BCUT2D eigenvalue weighted by molar-refractivity contribution is 5.76. The lowest BCUT2D eigenvalue weighted by atomic mass is 10.0. The molecule has 1 heterocycles. The fraction of sp³-hybridized carbons (Fsp3) is 0.846. The molecule has 4 nitrogen and oxygen atoms in total. The molecule has 0 aromatic heterocycles. The molecule has 1 atom stereocenters. The lowest BCUT2D eigenvalue weighted by Gasteiger charge is -2.31. The maximum absolute atomic E-state index is 11.8. The van der Waals surface area contributed by atoms with Crippen molar-refractivity contribution in [1.82, 2.24) is 9.80 Å². The summed E-state index contributed by atoms with van der Waals surface area (Å²) in [5, 5.41) is 8.46. The molecule has 0 spiro atoms. The molecule has 0 aromatic carbocycles. The van der Waals surface area contributed by atoms with Crippen LogP contribution in [0.15, 0.2) is 0 Å². The lowest BCUT2D eigenvalue weighted by molar-refractivity contribution is -0.130. The van der Waals surface area contributed by atoms with Crippen LogP contribution in [0.1, 0.15) is 32.6 Å². The van der Waals surface area contributed by atoms with Gasteiger partial charge in [-0.1, -0.05) is 6.92 Å². The molecule has 1 saturated heterocycles. The number of hydrogen-bond acceptors (Lipinski definition) is 3. The molecule has 0 saturated carbocycles. The van der Waals surface area contributed by atoms with Gasteiger partial charge < -0.3 is 9.80 Å². The molecule has 0 aliphatic carbocycles. The Kier molecular flexibility index (Phi) is 5.99. The maximum Gasteiger partial charge on any atom is 0.223 e. The summed E-state index contributed by atoms with van der Waals surface area (Å²) in [5.74, 6) is 0.911. The summed E-state index contributed by atoms with van der Waals surface area (Å²) in [6.45, 7) is 5.92. The topological polar surface area (TPSA) is 47.3 Å². The molecule has 1 unspecified atom stereocenters. The Morgan fingerprint density at radius 3 is 3.00 bits per heavy atom. The smallest absolute Gasteiger partial charge is 0.223 e. The molecule has 1 amide bonds. The number of nitriles is 1. The van der Waals surface area contributed by atoms with Gasteiger partial charge in [0.05, 0.1) is 12.5 Å². The van der Waals surface area contributed by atoms with Crippen LogP contribution in [0.3, 0.4) is 0 Å². The van der Waals surface area contributed by atoms with Gasteiger partial charge in [0.1, 0.15) is 0 Å². The van der Waals surface area contributed by atoms with Crippen molar-refractivity contribution in [2.24, 2.45) is 5.92 Å². The molecular weight excluding hydrogens is 214 g/mol. The van der Waals surface area contributed by atoms with Crippen molar-refractivity contribution in [2.45, 2.75) is 32.6 Å². The minimum absolute atomic E-state index is 0.151. The van der Waals surface area contributed by atoms with E-state index < -0.39 is 0 Å². The van der Waals surface area contributed by atoms with Gasteiger partial charge >= 0.3 is 0 Å². The summed E-state index contributed by atoms with van der Waals surface area (Å²) < 4.78 is 0. The summed E-state index contributed by atoms with van der Waals surface area (Å²) in [4.78, 5) is 15.8. The fourth-order valence-electron chi connectivity index (χ4n) is 2.28. The van der Waals surface area contributed by atoms with Crippen molar-refractivity contribution in [2.75, 3.05) is 33.2 Å². The van der Waals surface area contributed by atoms with E-state index in [4.69, 9.17) is 5.26 Å². The Morgan fingerprint density at radius 1 is 1.59 bits per heavy atom. The molecule has 1 aliphatic rings. The van der Waals surface area contributed by atoms with Gasteiger partial charge in [-0.15, -0.1) is 0 Å². The zero-order valence-corrected chi connectivity index (χ0v) is 11.0. The van der Waals surface area contributed by atoms with Crippen LogP contribution in [0, 0.1) is 17.2 Å². The second kappa shape index (κ2) is 7.29. The number of rotatable bonds is 5. The molecule has 1 aliphatic heterocycles. The molecule has 96 valence electrons. The Morgan fingerprint density at radius 2 is 2.35 bits per heavy atom. The van der Waals surface area contributed by atoms with Crippen LogP contribution in [0.4, 0.5) is 0 Å². The Labute approximate surface area is 104 Å². The summed E-state index contributed by atoms with van der Waals surface area (Å²) in [6, 6.07) is 2.06. The molecule has 0 radical (unpaired) electrons. The Balaban J connectivity index is 2.20. The van der Waals surface area contributed by atoms with Gasteiger partial charge in [-0.3, -0.25) is 4.79 Å². The van der Waals surface area contributed by atoms with Gasteiger partial charge in [-0.25, -0.2) is 0 Å². The Hall–Kier alpha value is -1.08. The normalized spacial score (nSPS) is 20.9. The van der Waals surface area contributed by atoms with E-state index in [1.807, 2.05) is 0 Å². The molecule has 1 rings (SSSR count). The zero-order chi connectivity index (χ0) is 12.7. The quantitative estimate of drug-likeness (QED) is 0.727. The van der Waals surface area contributed by atoms with Gasteiger partial charge in [0.15, 0.2) is 0 Å². The van der Waals surface area contributed by atoms with E-state index in [0.29, 0.717) is 19.4 Å². The van der Waals surface area contributed by atoms with Gasteiger partial charge in [-0.05, 0) is 25.3 Å². The number of piperidine rings is 1. The summed E-state index contributed by atoms with van der Waals surface area (Å²) in [7, 11) is 1.78. The van der Waals surface area contributed by atoms with Crippen molar-refractivity contribution in [1.29, 1.82) is 5.26 Å². The molecular formula is C13H23N3O. The van der Waals surface area contributed by atoms with Crippen LogP contribution in [0.25, 0.3) is 0 Å². The van der Waals surface area contributed by atoms with Crippen molar-refractivity contribution < 1.29 is 4.79 Å². The third kappa shape index (κ3) is 5.18. The van der Waals surface area contributed by atoms with Crippen LogP contribution in [-0.2, 0) is 4.79 Å². The number of hydrogen-bond donors (Lipinski definition) is 0. The first-order chi connectivity index (χ1) is 8.13. The number of nitrogens with zero attached hydrogens (tertiary/aromatic N) is 3. The van der Waals surface area contributed by atoms with E-state index in [9.17, 15) is 4.79 Å². The minimum Gasteiger partial charge on any atom is -0.345 e. The second-order valence-electron chi connectivity index (χ2n) is 5.02. The van der Waals surface area contributed by atoms with Gasteiger partial charge in [0.25, 0.3) is 0 Å². The maximum atomic E-state index is 11.8. The van der Waals surface area contributed by atoms with Crippen LogP contribution in [0.5, 0.6) is 0 Å². The van der Waals surface area contributed by atoms with E-state index in [2.05, 4.69) is 17.9 Å². The van der Waals surface area contributed by atoms with Crippen LogP contribution in [-0.4, -0.2) is 48.9 Å². The highest BCUT2D eigenvalue weighted by atomic mass is 16.2. The fourth-order valence-corrected chi connectivity index (χ4v) is 2.28. The summed E-state index contributed by atoms with van der Waals surface area (Å²) >= 11 is 0. The van der Waals surface area contributed by atoms with Crippen LogP contribution < -0.4 is 0 Å². The predicted molar refractivity (Wildman–Crippen MR) is 67.3 cm³/mol. The van der Waals surface area contributed by atoms with Crippen molar-refractivity contribution in [3.8, 4) is 6.07 Å². The number of carbonyl (C=O) groups excluding carboxylic acids is 1. The van der Waals surface area contributed by atoms with Gasteiger partial charge in [0.2, 0.25) is 5.91 Å². The van der Waals surface area contributed by atoms with E-state index in [1.54, 1.807) is 11.9 Å². The Bertz CT molecular complexity index is 285. The van der Waals surface area contributed by atoms with E-state index in [-0.39, 0.29) is 5.91 Å². The van der Waals surface area contributed by atoms with Crippen molar-refractivity contribution in [3.05, 3.63) is 0 Å². The van der Waals surface area contributed by atoms with E-state index in [1.165, 1.54) is 12.8 Å². The van der Waals surface area contributed by atoms with E-state index >= 15 is 0 Å². The third-order valence-corrected chi connectivity index (χ3v) is 3.37. The number of carbonyl (C=O) groups is 1. The molecule has 17 heavy (non-hydrogen) atoms. The highest BCUT2D eigenvalue weighted by Crippen LogP contribution is 2.15. The largest absolute Gasteiger partial charge is 0.345 e.